The van der Waals surface area contributed by atoms with Crippen LogP contribution in [0.1, 0.15) is 10.4 Å². The van der Waals surface area contributed by atoms with Gasteiger partial charge in [0.25, 0.3) is 5.91 Å². The summed E-state index contributed by atoms with van der Waals surface area (Å²) in [6.45, 7) is 0.127. The molecule has 5 nitrogen and oxygen atoms in total. The van der Waals surface area contributed by atoms with Crippen LogP contribution >= 0.6 is 0 Å². The molecule has 2 amide bonds. The maximum Gasteiger partial charge on any atom is 0.254 e. The molecule has 0 aromatic heterocycles. The molecule has 8 heteroatoms. The van der Waals surface area contributed by atoms with Crippen molar-refractivity contribution in [3.8, 4) is 0 Å². The maximum atomic E-state index is 13.1. The zero-order valence-electron chi connectivity index (χ0n) is 10.2. The Balaban J connectivity index is 2.32. The van der Waals surface area contributed by atoms with Crippen LogP contribution in [0.3, 0.4) is 0 Å². The number of hydrogen-bond acceptors (Lipinski definition) is 3. The van der Waals surface area contributed by atoms with Gasteiger partial charge in [0.2, 0.25) is 5.91 Å². The molecular formula is C12H11F3N2O3. The van der Waals surface area contributed by atoms with Crippen LogP contribution in [-0.4, -0.2) is 42.5 Å². The van der Waals surface area contributed by atoms with Gasteiger partial charge in [-0.25, -0.2) is 13.2 Å². The fraction of sp³-hybridized carbons (Fsp3) is 0.333. The lowest BCUT2D eigenvalue weighted by molar-refractivity contribution is -0.127. The number of rotatable bonds is 2. The van der Waals surface area contributed by atoms with Crippen LogP contribution in [0.5, 0.6) is 0 Å². The molecule has 2 rings (SSSR count). The Labute approximate surface area is 112 Å². The van der Waals surface area contributed by atoms with Crippen LogP contribution in [0.15, 0.2) is 12.1 Å². The Morgan fingerprint density at radius 1 is 1.25 bits per heavy atom. The Morgan fingerprint density at radius 3 is 2.40 bits per heavy atom. The zero-order chi connectivity index (χ0) is 14.9. The SMILES string of the molecule is NC(=O)C1COCCN1C(=O)c1cc(F)c(F)c(F)c1. The van der Waals surface area contributed by atoms with Crippen LogP contribution < -0.4 is 5.73 Å². The third kappa shape index (κ3) is 2.60. The van der Waals surface area contributed by atoms with Gasteiger partial charge in [0.1, 0.15) is 6.04 Å². The summed E-state index contributed by atoms with van der Waals surface area (Å²) in [6, 6.07) is 0.134. The van der Waals surface area contributed by atoms with Gasteiger partial charge >= 0.3 is 0 Å². The summed E-state index contributed by atoms with van der Waals surface area (Å²) in [5, 5.41) is 0. The van der Waals surface area contributed by atoms with Crippen LogP contribution in [-0.2, 0) is 9.53 Å². The minimum absolute atomic E-state index is 0.0487. The van der Waals surface area contributed by atoms with Gasteiger partial charge in [0, 0.05) is 12.1 Å². The van der Waals surface area contributed by atoms with E-state index in [1.54, 1.807) is 0 Å². The van der Waals surface area contributed by atoms with Crippen LogP contribution in [0.4, 0.5) is 13.2 Å². The van der Waals surface area contributed by atoms with Gasteiger partial charge in [-0.1, -0.05) is 0 Å². The molecule has 1 fully saturated rings. The van der Waals surface area contributed by atoms with Crippen molar-refractivity contribution in [1.29, 1.82) is 0 Å². The summed E-state index contributed by atoms with van der Waals surface area (Å²) in [4.78, 5) is 24.4. The van der Waals surface area contributed by atoms with Crippen molar-refractivity contribution in [2.24, 2.45) is 5.73 Å². The van der Waals surface area contributed by atoms with Crippen LogP contribution in [0.2, 0.25) is 0 Å². The second kappa shape index (κ2) is 5.49. The average Bonchev–Trinajstić information content (AvgIpc) is 2.43. The molecule has 0 spiro atoms. The Hall–Kier alpha value is -2.09. The second-order valence-corrected chi connectivity index (χ2v) is 4.25. The number of morpholine rings is 1. The van der Waals surface area contributed by atoms with Crippen molar-refractivity contribution in [1.82, 2.24) is 4.90 Å². The largest absolute Gasteiger partial charge is 0.377 e. The standard InChI is InChI=1S/C12H11F3N2O3/c13-7-3-6(4-8(14)10(7)15)12(19)17-1-2-20-5-9(17)11(16)18/h3-4,9H,1-2,5H2,(H2,16,18). The first-order chi connectivity index (χ1) is 9.41. The van der Waals surface area contributed by atoms with Crippen molar-refractivity contribution < 1.29 is 27.5 Å². The topological polar surface area (TPSA) is 72.6 Å². The van der Waals surface area contributed by atoms with E-state index in [1.165, 1.54) is 0 Å². The lowest BCUT2D eigenvalue weighted by atomic mass is 10.1. The van der Waals surface area contributed by atoms with E-state index in [0.717, 1.165) is 4.90 Å². The zero-order valence-corrected chi connectivity index (χ0v) is 10.2. The highest BCUT2D eigenvalue weighted by Gasteiger charge is 2.32. The van der Waals surface area contributed by atoms with Crippen molar-refractivity contribution in [2.45, 2.75) is 6.04 Å². The van der Waals surface area contributed by atoms with Gasteiger partial charge in [-0.15, -0.1) is 0 Å². The number of primary amides is 1. The molecule has 0 aliphatic carbocycles. The number of benzene rings is 1. The number of hydrogen-bond donors (Lipinski definition) is 1. The molecule has 2 N–H and O–H groups in total. The molecule has 0 radical (unpaired) electrons. The van der Waals surface area contributed by atoms with Gasteiger partial charge in [-0.2, -0.15) is 0 Å². The molecule has 1 aromatic carbocycles. The van der Waals surface area contributed by atoms with Gasteiger partial charge in [0.05, 0.1) is 13.2 Å². The maximum absolute atomic E-state index is 13.1. The van der Waals surface area contributed by atoms with E-state index < -0.39 is 40.9 Å². The van der Waals surface area contributed by atoms with E-state index >= 15 is 0 Å². The quantitative estimate of drug-likeness (QED) is 0.802. The summed E-state index contributed by atoms with van der Waals surface area (Å²) in [7, 11) is 0. The van der Waals surface area contributed by atoms with E-state index in [-0.39, 0.29) is 19.8 Å². The first kappa shape index (κ1) is 14.3. The molecule has 108 valence electrons. The predicted octanol–water partition coefficient (Wildman–Crippen LogP) is 0.430. The molecule has 0 saturated carbocycles. The highest BCUT2D eigenvalue weighted by Crippen LogP contribution is 2.17. The van der Waals surface area contributed by atoms with Crippen LogP contribution in [0.25, 0.3) is 0 Å². The summed E-state index contributed by atoms with van der Waals surface area (Å²) in [6.07, 6.45) is 0. The molecule has 0 bridgehead atoms. The molecule has 1 unspecified atom stereocenters. The number of carbonyl (C=O) groups excluding carboxylic acids is 2. The summed E-state index contributed by atoms with van der Waals surface area (Å²) < 4.78 is 44.1. The predicted molar refractivity (Wildman–Crippen MR) is 61.2 cm³/mol. The molecule has 1 saturated heterocycles. The Bertz CT molecular complexity index is 542. The van der Waals surface area contributed by atoms with E-state index in [9.17, 15) is 22.8 Å². The van der Waals surface area contributed by atoms with E-state index in [0.29, 0.717) is 12.1 Å². The first-order valence-electron chi connectivity index (χ1n) is 5.74. The van der Waals surface area contributed by atoms with Gasteiger partial charge in [-0.05, 0) is 12.1 Å². The summed E-state index contributed by atoms with van der Waals surface area (Å²) in [5.41, 5.74) is 4.74. The molecule has 1 aliphatic heterocycles. The fourth-order valence-electron chi connectivity index (χ4n) is 1.93. The van der Waals surface area contributed by atoms with Gasteiger partial charge in [0.15, 0.2) is 17.5 Å². The Morgan fingerprint density at radius 2 is 1.85 bits per heavy atom. The van der Waals surface area contributed by atoms with E-state index in [4.69, 9.17) is 10.5 Å². The third-order valence-corrected chi connectivity index (χ3v) is 2.95. The van der Waals surface area contributed by atoms with Crippen LogP contribution in [0, 0.1) is 17.5 Å². The number of carbonyl (C=O) groups is 2. The van der Waals surface area contributed by atoms with Gasteiger partial charge in [-0.3, -0.25) is 9.59 Å². The lowest BCUT2D eigenvalue weighted by Gasteiger charge is -2.33. The molecule has 1 atom stereocenters. The van der Waals surface area contributed by atoms with E-state index in [2.05, 4.69) is 0 Å². The monoisotopic (exact) mass is 288 g/mol. The number of nitrogens with two attached hydrogens (primary N) is 1. The number of ether oxygens (including phenoxy) is 1. The molecule has 1 aromatic rings. The molecule has 1 heterocycles. The van der Waals surface area contributed by atoms with Crippen molar-refractivity contribution in [3.63, 3.8) is 0 Å². The number of halogens is 3. The minimum Gasteiger partial charge on any atom is -0.377 e. The minimum atomic E-state index is -1.66. The Kier molecular flexibility index (Phi) is 3.93. The second-order valence-electron chi connectivity index (χ2n) is 4.25. The van der Waals surface area contributed by atoms with Crippen molar-refractivity contribution in [2.75, 3.05) is 19.8 Å². The normalized spacial score (nSPS) is 18.9. The summed E-state index contributed by atoms with van der Waals surface area (Å²) >= 11 is 0. The number of amides is 2. The van der Waals surface area contributed by atoms with Crippen molar-refractivity contribution >= 4 is 11.8 Å². The highest BCUT2D eigenvalue weighted by atomic mass is 19.2. The molecule has 1 aliphatic rings. The van der Waals surface area contributed by atoms with E-state index in [1.807, 2.05) is 0 Å². The van der Waals surface area contributed by atoms with Crippen molar-refractivity contribution in [3.05, 3.63) is 35.1 Å². The highest BCUT2D eigenvalue weighted by molar-refractivity contribution is 5.97. The van der Waals surface area contributed by atoms with Gasteiger partial charge < -0.3 is 15.4 Å². The smallest absolute Gasteiger partial charge is 0.254 e. The first-order valence-corrected chi connectivity index (χ1v) is 5.74. The molecule has 20 heavy (non-hydrogen) atoms. The average molecular weight is 288 g/mol. The fourth-order valence-corrected chi connectivity index (χ4v) is 1.93. The lowest BCUT2D eigenvalue weighted by Crippen LogP contribution is -2.54. The molecular weight excluding hydrogens is 277 g/mol. The summed E-state index contributed by atoms with van der Waals surface area (Å²) in [5.74, 6) is -6.21. The number of nitrogens with zero attached hydrogens (tertiary/aromatic N) is 1. The third-order valence-electron chi connectivity index (χ3n) is 2.95.